The van der Waals surface area contributed by atoms with Crippen molar-refractivity contribution in [2.45, 2.75) is 32.2 Å². The van der Waals surface area contributed by atoms with Gasteiger partial charge in [-0.3, -0.25) is 9.59 Å². The maximum atomic E-state index is 13.2. The van der Waals surface area contributed by atoms with Crippen molar-refractivity contribution in [1.82, 2.24) is 0 Å². The third-order valence-corrected chi connectivity index (χ3v) is 5.69. The van der Waals surface area contributed by atoms with Crippen LogP contribution in [0.15, 0.2) is 72.8 Å². The van der Waals surface area contributed by atoms with Gasteiger partial charge in [-0.1, -0.05) is 54.6 Å². The van der Waals surface area contributed by atoms with Crippen LogP contribution in [0.2, 0.25) is 0 Å². The first kappa shape index (κ1) is 20.8. The number of benzene rings is 3. The zero-order valence-corrected chi connectivity index (χ0v) is 17.5. The van der Waals surface area contributed by atoms with Crippen molar-refractivity contribution in [3.63, 3.8) is 0 Å². The first-order chi connectivity index (χ1) is 15.2. The lowest BCUT2D eigenvalue weighted by atomic mass is 9.99. The molecule has 0 aromatic heterocycles. The van der Waals surface area contributed by atoms with Crippen LogP contribution in [0.25, 0.3) is 0 Å². The van der Waals surface area contributed by atoms with E-state index in [9.17, 15) is 9.59 Å². The molecule has 0 spiro atoms. The maximum Gasteiger partial charge on any atom is 0.255 e. The molecule has 5 heteroatoms. The van der Waals surface area contributed by atoms with Crippen LogP contribution in [-0.4, -0.2) is 18.4 Å². The predicted molar refractivity (Wildman–Crippen MR) is 124 cm³/mol. The van der Waals surface area contributed by atoms with E-state index in [2.05, 4.69) is 5.32 Å². The Balaban J connectivity index is 1.52. The number of aryl methyl sites for hydroxylation is 2. The molecule has 3 aromatic rings. The number of nitrogens with two attached hydrogens (primary N) is 1. The number of nitrogens with one attached hydrogen (secondary N) is 1. The Morgan fingerprint density at radius 3 is 2.39 bits per heavy atom. The molecule has 1 aliphatic rings. The summed E-state index contributed by atoms with van der Waals surface area (Å²) < 4.78 is 0. The van der Waals surface area contributed by atoms with Crippen molar-refractivity contribution < 1.29 is 9.59 Å². The number of fused-ring (bicyclic) bond motifs is 1. The van der Waals surface area contributed by atoms with Gasteiger partial charge in [-0.15, -0.1) is 0 Å². The van der Waals surface area contributed by atoms with E-state index in [1.807, 2.05) is 65.6 Å². The Labute approximate surface area is 182 Å². The van der Waals surface area contributed by atoms with E-state index >= 15 is 0 Å². The fourth-order valence-electron chi connectivity index (χ4n) is 4.01. The lowest BCUT2D eigenvalue weighted by molar-refractivity contribution is -0.118. The molecule has 2 amide bonds. The van der Waals surface area contributed by atoms with Gasteiger partial charge in [0.25, 0.3) is 5.91 Å². The van der Waals surface area contributed by atoms with Crippen LogP contribution in [0, 0.1) is 0 Å². The molecule has 0 atom stereocenters. The van der Waals surface area contributed by atoms with Crippen LogP contribution >= 0.6 is 0 Å². The summed E-state index contributed by atoms with van der Waals surface area (Å²) in [6.45, 7) is 1.18. The van der Waals surface area contributed by atoms with Gasteiger partial charge in [0.1, 0.15) is 0 Å². The highest BCUT2D eigenvalue weighted by Crippen LogP contribution is 2.35. The Hall–Kier alpha value is -3.44. The molecule has 3 N–H and O–H groups in total. The highest BCUT2D eigenvalue weighted by molar-refractivity contribution is 6.08. The second kappa shape index (κ2) is 9.58. The second-order valence-electron chi connectivity index (χ2n) is 7.80. The maximum absolute atomic E-state index is 13.2. The van der Waals surface area contributed by atoms with Crippen molar-refractivity contribution in [2.75, 3.05) is 16.8 Å². The number of anilines is 2. The number of hydrogen-bond donors (Lipinski definition) is 2. The molecule has 0 unspecified atom stereocenters. The van der Waals surface area contributed by atoms with Crippen molar-refractivity contribution in [1.29, 1.82) is 0 Å². The van der Waals surface area contributed by atoms with Crippen molar-refractivity contribution in [3.8, 4) is 0 Å². The highest BCUT2D eigenvalue weighted by Gasteiger charge is 2.25. The van der Waals surface area contributed by atoms with E-state index in [0.29, 0.717) is 37.2 Å². The second-order valence-corrected chi connectivity index (χ2v) is 7.80. The fourth-order valence-corrected chi connectivity index (χ4v) is 4.01. The molecule has 0 bridgehead atoms. The molecule has 1 aliphatic heterocycles. The Bertz CT molecular complexity index is 1060. The zero-order valence-electron chi connectivity index (χ0n) is 17.5. The van der Waals surface area contributed by atoms with Gasteiger partial charge in [0.05, 0.1) is 11.4 Å². The number of carbonyl (C=O) groups is 2. The minimum Gasteiger partial charge on any atom is -0.326 e. The van der Waals surface area contributed by atoms with Crippen molar-refractivity contribution in [3.05, 3.63) is 95.1 Å². The Morgan fingerprint density at radius 2 is 1.65 bits per heavy atom. The molecule has 3 aromatic carbocycles. The molecule has 5 nitrogen and oxygen atoms in total. The van der Waals surface area contributed by atoms with E-state index in [4.69, 9.17) is 5.73 Å². The van der Waals surface area contributed by atoms with Crippen molar-refractivity contribution in [2.24, 2.45) is 5.73 Å². The molecule has 0 saturated heterocycles. The van der Waals surface area contributed by atoms with Crippen LogP contribution < -0.4 is 16.0 Å². The van der Waals surface area contributed by atoms with E-state index in [1.165, 1.54) is 0 Å². The number of hydrogen-bond acceptors (Lipinski definition) is 3. The summed E-state index contributed by atoms with van der Waals surface area (Å²) >= 11 is 0. The van der Waals surface area contributed by atoms with Gasteiger partial charge >= 0.3 is 0 Å². The minimum atomic E-state index is -0.174. The highest BCUT2D eigenvalue weighted by atomic mass is 16.2. The lowest BCUT2D eigenvalue weighted by Crippen LogP contribution is -2.36. The van der Waals surface area contributed by atoms with Crippen molar-refractivity contribution >= 4 is 23.2 Å². The topological polar surface area (TPSA) is 75.4 Å². The predicted octanol–water partition coefficient (Wildman–Crippen LogP) is 4.31. The quantitative estimate of drug-likeness (QED) is 0.632. The molecule has 31 heavy (non-hydrogen) atoms. The molecular weight excluding hydrogens is 386 g/mol. The van der Waals surface area contributed by atoms with E-state index in [1.54, 1.807) is 12.1 Å². The molecule has 0 aliphatic carbocycles. The zero-order chi connectivity index (χ0) is 21.6. The molecule has 0 radical (unpaired) electrons. The first-order valence-corrected chi connectivity index (χ1v) is 10.7. The number of nitrogens with zero attached hydrogens (tertiary/aromatic N) is 1. The number of rotatable bonds is 6. The summed E-state index contributed by atoms with van der Waals surface area (Å²) in [5.74, 6) is -0.0998. The summed E-state index contributed by atoms with van der Waals surface area (Å²) in [6.07, 6.45) is 2.91. The van der Waals surface area contributed by atoms with E-state index < -0.39 is 0 Å². The van der Waals surface area contributed by atoms with Crippen LogP contribution in [-0.2, 0) is 24.2 Å². The summed E-state index contributed by atoms with van der Waals surface area (Å²) in [6, 6.07) is 23.0. The van der Waals surface area contributed by atoms with Crippen LogP contribution in [0.1, 0.15) is 39.9 Å². The van der Waals surface area contributed by atoms with Crippen LogP contribution in [0.3, 0.4) is 0 Å². The van der Waals surface area contributed by atoms with E-state index in [0.717, 1.165) is 35.2 Å². The van der Waals surface area contributed by atoms with Gasteiger partial charge in [0.15, 0.2) is 0 Å². The lowest BCUT2D eigenvalue weighted by Gasteiger charge is -2.31. The van der Waals surface area contributed by atoms with Gasteiger partial charge in [0.2, 0.25) is 5.91 Å². The molecule has 158 valence electrons. The Morgan fingerprint density at radius 1 is 0.903 bits per heavy atom. The summed E-state index contributed by atoms with van der Waals surface area (Å²) in [5.41, 5.74) is 11.1. The summed E-state index contributed by atoms with van der Waals surface area (Å²) in [7, 11) is 0. The normalized spacial score (nSPS) is 12.9. The first-order valence-electron chi connectivity index (χ1n) is 10.7. The molecule has 4 rings (SSSR count). The third-order valence-electron chi connectivity index (χ3n) is 5.69. The molecular formula is C26H27N3O2. The fraction of sp³-hybridized carbons (Fsp3) is 0.231. The number of carbonyl (C=O) groups excluding carboxylic acids is 2. The molecule has 0 fully saturated rings. The SMILES string of the molecule is NCc1ccc(CCC(=O)N2CCCc3cccc(NC(=O)c4ccccc4)c32)cc1. The third kappa shape index (κ3) is 4.84. The summed E-state index contributed by atoms with van der Waals surface area (Å²) in [5, 5.41) is 3.01. The standard InChI is InChI=1S/C26H27N3O2/c27-18-20-13-11-19(12-14-20)15-16-24(30)29-17-5-9-21-8-4-10-23(25(21)29)28-26(31)22-6-2-1-3-7-22/h1-4,6-8,10-14H,5,9,15-18,27H2,(H,28,31). The average molecular weight is 414 g/mol. The van der Waals surface area contributed by atoms with Gasteiger partial charge in [-0.2, -0.15) is 0 Å². The minimum absolute atomic E-state index is 0.0743. The van der Waals surface area contributed by atoms with Gasteiger partial charge in [0, 0.05) is 25.1 Å². The van der Waals surface area contributed by atoms with Gasteiger partial charge in [-0.05, 0) is 54.2 Å². The molecule has 0 saturated carbocycles. The molecule has 1 heterocycles. The van der Waals surface area contributed by atoms with Gasteiger partial charge < -0.3 is 16.0 Å². The van der Waals surface area contributed by atoms with Crippen LogP contribution in [0.4, 0.5) is 11.4 Å². The number of para-hydroxylation sites is 1. The smallest absolute Gasteiger partial charge is 0.255 e. The number of amides is 2. The Kier molecular flexibility index (Phi) is 6.43. The van der Waals surface area contributed by atoms with Gasteiger partial charge in [-0.25, -0.2) is 0 Å². The van der Waals surface area contributed by atoms with E-state index in [-0.39, 0.29) is 11.8 Å². The monoisotopic (exact) mass is 413 g/mol. The largest absolute Gasteiger partial charge is 0.326 e. The van der Waals surface area contributed by atoms with Crippen LogP contribution in [0.5, 0.6) is 0 Å². The summed E-state index contributed by atoms with van der Waals surface area (Å²) in [4.78, 5) is 27.7. The average Bonchev–Trinajstić information content (AvgIpc) is 2.83.